The first-order chi connectivity index (χ1) is 9.15. The van der Waals surface area contributed by atoms with Gasteiger partial charge in [-0.1, -0.05) is 18.2 Å². The first kappa shape index (κ1) is 13.9. The van der Waals surface area contributed by atoms with Crippen molar-refractivity contribution < 1.29 is 9.53 Å². The number of carbonyl (C=O) groups excluding carboxylic acids is 1. The van der Waals surface area contributed by atoms with Crippen LogP contribution in [-0.4, -0.2) is 45.1 Å². The molecule has 0 aliphatic heterocycles. The highest BCUT2D eigenvalue weighted by molar-refractivity contribution is 5.92. The van der Waals surface area contributed by atoms with Crippen LogP contribution in [0.3, 0.4) is 0 Å². The van der Waals surface area contributed by atoms with E-state index < -0.39 is 0 Å². The standard InChI is InChI=1S/C15H22N2O2/c1-16-10-11-17(2)14(18)15(8-9-15)12-6-4-5-7-13(12)19-3/h4-7,16H,8-11H2,1-3H3. The molecule has 0 saturated heterocycles. The Morgan fingerprint density at radius 2 is 2.11 bits per heavy atom. The molecule has 4 nitrogen and oxygen atoms in total. The molecular formula is C15H22N2O2. The van der Waals surface area contributed by atoms with Gasteiger partial charge in [0.15, 0.2) is 0 Å². The van der Waals surface area contributed by atoms with Crippen molar-refractivity contribution in [3.05, 3.63) is 29.8 Å². The number of carbonyl (C=O) groups is 1. The zero-order chi connectivity index (χ0) is 13.9. The van der Waals surface area contributed by atoms with Crippen molar-refractivity contribution in [1.82, 2.24) is 10.2 Å². The Kier molecular flexibility index (Phi) is 4.10. The average Bonchev–Trinajstić information content (AvgIpc) is 3.25. The first-order valence-corrected chi connectivity index (χ1v) is 6.69. The van der Waals surface area contributed by atoms with Gasteiger partial charge < -0.3 is 15.0 Å². The SMILES string of the molecule is CNCCN(C)C(=O)C1(c2ccccc2OC)CC1. The third kappa shape index (κ3) is 2.59. The van der Waals surface area contributed by atoms with Crippen LogP contribution >= 0.6 is 0 Å². The summed E-state index contributed by atoms with van der Waals surface area (Å²) >= 11 is 0. The topological polar surface area (TPSA) is 41.6 Å². The number of nitrogens with one attached hydrogen (secondary N) is 1. The van der Waals surface area contributed by atoms with Crippen LogP contribution in [0.2, 0.25) is 0 Å². The van der Waals surface area contributed by atoms with Gasteiger partial charge in [0.05, 0.1) is 12.5 Å². The van der Waals surface area contributed by atoms with E-state index in [1.807, 2.05) is 43.3 Å². The summed E-state index contributed by atoms with van der Waals surface area (Å²) in [7, 11) is 5.42. The van der Waals surface area contributed by atoms with Gasteiger partial charge in [0.1, 0.15) is 5.75 Å². The van der Waals surface area contributed by atoms with E-state index in [0.29, 0.717) is 0 Å². The molecule has 1 aliphatic carbocycles. The van der Waals surface area contributed by atoms with Crippen molar-refractivity contribution in [3.63, 3.8) is 0 Å². The zero-order valence-electron chi connectivity index (χ0n) is 11.9. The second kappa shape index (κ2) is 5.61. The van der Waals surface area contributed by atoms with Gasteiger partial charge in [-0.3, -0.25) is 4.79 Å². The fourth-order valence-corrected chi connectivity index (χ4v) is 2.51. The van der Waals surface area contributed by atoms with Crippen LogP contribution in [0.1, 0.15) is 18.4 Å². The molecule has 0 atom stereocenters. The number of ether oxygens (including phenoxy) is 1. The van der Waals surface area contributed by atoms with Crippen LogP contribution in [-0.2, 0) is 10.2 Å². The number of amides is 1. The highest BCUT2D eigenvalue weighted by Gasteiger charge is 2.53. The summed E-state index contributed by atoms with van der Waals surface area (Å²) < 4.78 is 5.40. The largest absolute Gasteiger partial charge is 0.496 e. The predicted molar refractivity (Wildman–Crippen MR) is 75.5 cm³/mol. The molecule has 1 aromatic carbocycles. The van der Waals surface area contributed by atoms with Gasteiger partial charge in [-0.15, -0.1) is 0 Å². The second-order valence-electron chi connectivity index (χ2n) is 5.11. The molecule has 19 heavy (non-hydrogen) atoms. The van der Waals surface area contributed by atoms with E-state index in [1.165, 1.54) is 0 Å². The second-order valence-corrected chi connectivity index (χ2v) is 5.11. The summed E-state index contributed by atoms with van der Waals surface area (Å²) in [4.78, 5) is 14.5. The van der Waals surface area contributed by atoms with Crippen molar-refractivity contribution >= 4 is 5.91 Å². The lowest BCUT2D eigenvalue weighted by atomic mass is 9.93. The summed E-state index contributed by atoms with van der Waals surface area (Å²) in [6, 6.07) is 7.85. The van der Waals surface area contributed by atoms with Crippen LogP contribution in [0.5, 0.6) is 5.75 Å². The minimum Gasteiger partial charge on any atom is -0.496 e. The molecule has 1 fully saturated rings. The Morgan fingerprint density at radius 3 is 2.68 bits per heavy atom. The number of benzene rings is 1. The van der Waals surface area contributed by atoms with Gasteiger partial charge in [0, 0.05) is 25.7 Å². The van der Waals surface area contributed by atoms with Crippen LogP contribution in [0.15, 0.2) is 24.3 Å². The molecule has 0 aromatic heterocycles. The zero-order valence-corrected chi connectivity index (χ0v) is 11.9. The number of hydrogen-bond acceptors (Lipinski definition) is 3. The molecule has 1 saturated carbocycles. The van der Waals surface area contributed by atoms with Crippen molar-refractivity contribution in [2.75, 3.05) is 34.3 Å². The quantitative estimate of drug-likeness (QED) is 0.842. The van der Waals surface area contributed by atoms with E-state index >= 15 is 0 Å². The van der Waals surface area contributed by atoms with Gasteiger partial charge in [0.25, 0.3) is 0 Å². The Balaban J connectivity index is 2.20. The molecule has 1 aliphatic rings. The maximum absolute atomic E-state index is 12.6. The van der Waals surface area contributed by atoms with E-state index in [2.05, 4.69) is 5.32 Å². The third-order valence-electron chi connectivity index (χ3n) is 3.83. The highest BCUT2D eigenvalue weighted by Crippen LogP contribution is 2.52. The molecular weight excluding hydrogens is 240 g/mol. The molecule has 1 amide bonds. The minimum absolute atomic E-state index is 0.201. The van der Waals surface area contributed by atoms with Crippen molar-refractivity contribution in [2.24, 2.45) is 0 Å². The first-order valence-electron chi connectivity index (χ1n) is 6.69. The van der Waals surface area contributed by atoms with Crippen molar-refractivity contribution in [2.45, 2.75) is 18.3 Å². The van der Waals surface area contributed by atoms with Crippen LogP contribution in [0.4, 0.5) is 0 Å². The molecule has 2 rings (SSSR count). The molecule has 1 N–H and O–H groups in total. The molecule has 0 bridgehead atoms. The van der Waals surface area contributed by atoms with Crippen molar-refractivity contribution in [1.29, 1.82) is 0 Å². The molecule has 0 unspecified atom stereocenters. The summed E-state index contributed by atoms with van der Waals surface area (Å²) in [6.07, 6.45) is 1.83. The fourth-order valence-electron chi connectivity index (χ4n) is 2.51. The van der Waals surface area contributed by atoms with Crippen LogP contribution in [0, 0.1) is 0 Å². The third-order valence-corrected chi connectivity index (χ3v) is 3.83. The molecule has 1 aromatic rings. The van der Waals surface area contributed by atoms with Gasteiger partial charge in [-0.25, -0.2) is 0 Å². The summed E-state index contributed by atoms with van der Waals surface area (Å²) in [5, 5.41) is 3.07. The Morgan fingerprint density at radius 1 is 1.42 bits per heavy atom. The number of para-hydroxylation sites is 1. The lowest BCUT2D eigenvalue weighted by Gasteiger charge is -2.25. The summed E-state index contributed by atoms with van der Waals surface area (Å²) in [5.41, 5.74) is 0.675. The Hall–Kier alpha value is -1.55. The normalized spacial score (nSPS) is 15.9. The minimum atomic E-state index is -0.352. The number of nitrogens with zero attached hydrogens (tertiary/aromatic N) is 1. The highest BCUT2D eigenvalue weighted by atomic mass is 16.5. The smallest absolute Gasteiger partial charge is 0.233 e. The van der Waals surface area contributed by atoms with Gasteiger partial charge in [-0.05, 0) is 26.0 Å². The van der Waals surface area contributed by atoms with E-state index in [1.54, 1.807) is 7.11 Å². The van der Waals surface area contributed by atoms with E-state index in [9.17, 15) is 4.79 Å². The molecule has 104 valence electrons. The monoisotopic (exact) mass is 262 g/mol. The van der Waals surface area contributed by atoms with Gasteiger partial charge in [0.2, 0.25) is 5.91 Å². The molecule has 0 radical (unpaired) electrons. The lowest BCUT2D eigenvalue weighted by molar-refractivity contribution is -0.132. The van der Waals surface area contributed by atoms with Crippen LogP contribution < -0.4 is 10.1 Å². The predicted octanol–water partition coefficient (Wildman–Crippen LogP) is 1.40. The number of hydrogen-bond donors (Lipinski definition) is 1. The molecule has 0 heterocycles. The fraction of sp³-hybridized carbons (Fsp3) is 0.533. The maximum Gasteiger partial charge on any atom is 0.233 e. The lowest BCUT2D eigenvalue weighted by Crippen LogP contribution is -2.39. The Bertz CT molecular complexity index is 455. The number of rotatable bonds is 6. The molecule has 0 spiro atoms. The van der Waals surface area contributed by atoms with Crippen LogP contribution in [0.25, 0.3) is 0 Å². The number of likely N-dealkylation sites (N-methyl/N-ethyl adjacent to an activating group) is 2. The maximum atomic E-state index is 12.6. The van der Waals surface area contributed by atoms with Gasteiger partial charge >= 0.3 is 0 Å². The summed E-state index contributed by atoms with van der Waals surface area (Å²) in [6.45, 7) is 1.54. The number of methoxy groups -OCH3 is 1. The average molecular weight is 262 g/mol. The van der Waals surface area contributed by atoms with E-state index in [-0.39, 0.29) is 11.3 Å². The van der Waals surface area contributed by atoms with E-state index in [4.69, 9.17) is 4.74 Å². The van der Waals surface area contributed by atoms with Gasteiger partial charge in [-0.2, -0.15) is 0 Å². The Labute approximate surface area is 114 Å². The van der Waals surface area contributed by atoms with E-state index in [0.717, 1.165) is 37.2 Å². The summed E-state index contributed by atoms with van der Waals surface area (Å²) in [5.74, 6) is 1.02. The molecule has 4 heteroatoms. The van der Waals surface area contributed by atoms with Crippen molar-refractivity contribution in [3.8, 4) is 5.75 Å².